The molecule has 3 aromatic rings. The number of aromatic nitrogens is 2. The zero-order valence-electron chi connectivity index (χ0n) is 16.1. The lowest BCUT2D eigenvalue weighted by atomic mass is 9.91. The van der Waals surface area contributed by atoms with E-state index in [1.54, 1.807) is 24.3 Å². The number of hydrogen-bond acceptors (Lipinski definition) is 3. The van der Waals surface area contributed by atoms with Gasteiger partial charge in [0.15, 0.2) is 5.82 Å². The molecule has 0 radical (unpaired) electrons. The Morgan fingerprint density at radius 1 is 1.03 bits per heavy atom. The molecule has 0 unspecified atom stereocenters. The minimum atomic E-state index is -0.333. The van der Waals surface area contributed by atoms with Gasteiger partial charge >= 0.3 is 0 Å². The van der Waals surface area contributed by atoms with E-state index in [0.717, 1.165) is 40.2 Å². The van der Waals surface area contributed by atoms with Crippen LogP contribution >= 0.6 is 0 Å². The average molecular weight is 393 g/mol. The van der Waals surface area contributed by atoms with Gasteiger partial charge in [0.2, 0.25) is 5.91 Å². The SMILES string of the molecule is CCCc1nc2c(nc1NC(=O)Cc1ccc(F)cc1)CCc1cc(F)ccc1-2. The quantitative estimate of drug-likeness (QED) is 0.686. The molecule has 0 saturated carbocycles. The van der Waals surface area contributed by atoms with Crippen molar-refractivity contribution in [3.8, 4) is 11.3 Å². The van der Waals surface area contributed by atoms with Crippen LogP contribution in [0.2, 0.25) is 0 Å². The summed E-state index contributed by atoms with van der Waals surface area (Å²) in [5, 5.41) is 2.88. The third kappa shape index (κ3) is 4.16. The molecule has 6 heteroatoms. The number of rotatable bonds is 5. The highest BCUT2D eigenvalue weighted by atomic mass is 19.1. The summed E-state index contributed by atoms with van der Waals surface area (Å²) in [5.74, 6) is -0.330. The zero-order valence-corrected chi connectivity index (χ0v) is 16.1. The molecule has 1 amide bonds. The second-order valence-corrected chi connectivity index (χ2v) is 7.22. The smallest absolute Gasteiger partial charge is 0.229 e. The molecular weight excluding hydrogens is 372 g/mol. The van der Waals surface area contributed by atoms with Crippen LogP contribution in [-0.2, 0) is 30.5 Å². The topological polar surface area (TPSA) is 54.9 Å². The predicted molar refractivity (Wildman–Crippen MR) is 108 cm³/mol. The molecule has 1 heterocycles. The predicted octanol–water partition coefficient (Wildman–Crippen LogP) is 4.65. The summed E-state index contributed by atoms with van der Waals surface area (Å²) in [7, 11) is 0. The largest absolute Gasteiger partial charge is 0.309 e. The van der Waals surface area contributed by atoms with E-state index in [0.29, 0.717) is 25.1 Å². The normalized spacial score (nSPS) is 12.2. The Kier molecular flexibility index (Phi) is 5.34. The molecular formula is C23H21F2N3O. The molecule has 0 atom stereocenters. The molecule has 0 bridgehead atoms. The lowest BCUT2D eigenvalue weighted by Gasteiger charge is -2.21. The Bertz CT molecular complexity index is 1060. The molecule has 2 aromatic carbocycles. The lowest BCUT2D eigenvalue weighted by molar-refractivity contribution is -0.115. The van der Waals surface area contributed by atoms with Crippen molar-refractivity contribution < 1.29 is 13.6 Å². The summed E-state index contributed by atoms with van der Waals surface area (Å²) in [4.78, 5) is 22.0. The highest BCUT2D eigenvalue weighted by Gasteiger charge is 2.22. The Balaban J connectivity index is 1.63. The van der Waals surface area contributed by atoms with E-state index in [9.17, 15) is 13.6 Å². The molecule has 0 spiro atoms. The number of anilines is 1. The Hall–Kier alpha value is -3.15. The van der Waals surface area contributed by atoms with Gasteiger partial charge in [-0.1, -0.05) is 25.5 Å². The van der Waals surface area contributed by atoms with Gasteiger partial charge in [0.1, 0.15) is 11.6 Å². The maximum Gasteiger partial charge on any atom is 0.229 e. The van der Waals surface area contributed by atoms with Crippen molar-refractivity contribution in [3.63, 3.8) is 0 Å². The van der Waals surface area contributed by atoms with E-state index < -0.39 is 0 Å². The summed E-state index contributed by atoms with van der Waals surface area (Å²) in [6, 6.07) is 10.6. The molecule has 1 aromatic heterocycles. The fraction of sp³-hybridized carbons (Fsp3) is 0.261. The van der Waals surface area contributed by atoms with Crippen molar-refractivity contribution >= 4 is 11.7 Å². The molecule has 0 saturated heterocycles. The van der Waals surface area contributed by atoms with Gasteiger partial charge in [-0.3, -0.25) is 4.79 Å². The Morgan fingerprint density at radius 2 is 1.79 bits per heavy atom. The number of hydrogen-bond donors (Lipinski definition) is 1. The molecule has 1 aliphatic carbocycles. The van der Waals surface area contributed by atoms with Crippen LogP contribution in [-0.4, -0.2) is 15.9 Å². The van der Waals surface area contributed by atoms with E-state index in [2.05, 4.69) is 5.32 Å². The monoisotopic (exact) mass is 393 g/mol. The van der Waals surface area contributed by atoms with E-state index in [1.807, 2.05) is 6.92 Å². The van der Waals surface area contributed by atoms with Crippen molar-refractivity contribution in [2.24, 2.45) is 0 Å². The summed E-state index contributed by atoms with van der Waals surface area (Å²) >= 11 is 0. The highest BCUT2D eigenvalue weighted by Crippen LogP contribution is 2.33. The summed E-state index contributed by atoms with van der Waals surface area (Å²) < 4.78 is 26.6. The number of carbonyl (C=O) groups is 1. The van der Waals surface area contributed by atoms with Crippen LogP contribution in [0.3, 0.4) is 0 Å². The van der Waals surface area contributed by atoms with Crippen LogP contribution in [0.25, 0.3) is 11.3 Å². The van der Waals surface area contributed by atoms with Gasteiger partial charge in [0.05, 0.1) is 23.5 Å². The number of amides is 1. The van der Waals surface area contributed by atoms with Crippen molar-refractivity contribution in [1.29, 1.82) is 0 Å². The Labute approximate surface area is 168 Å². The van der Waals surface area contributed by atoms with E-state index in [1.165, 1.54) is 18.2 Å². The molecule has 29 heavy (non-hydrogen) atoms. The first-order valence-electron chi connectivity index (χ1n) is 9.76. The summed E-state index contributed by atoms with van der Waals surface area (Å²) in [5.41, 5.74) is 4.86. The number of aryl methyl sites for hydroxylation is 3. The first-order chi connectivity index (χ1) is 14.0. The highest BCUT2D eigenvalue weighted by molar-refractivity contribution is 5.92. The number of fused-ring (bicyclic) bond motifs is 3. The third-order valence-corrected chi connectivity index (χ3v) is 5.02. The van der Waals surface area contributed by atoms with Gasteiger partial charge < -0.3 is 5.32 Å². The van der Waals surface area contributed by atoms with Gasteiger partial charge in [-0.15, -0.1) is 0 Å². The standard InChI is InChI=1S/C23H21F2N3O/c1-2-3-20-23(28-21(29)12-14-4-7-16(24)8-5-14)27-19-11-6-15-13-17(25)9-10-18(15)22(19)26-20/h4-5,7-10,13H,2-3,6,11-12H2,1H3,(H,27,28,29). The number of halogens is 2. The fourth-order valence-electron chi connectivity index (χ4n) is 3.62. The van der Waals surface area contributed by atoms with Crippen LogP contribution < -0.4 is 5.32 Å². The molecule has 0 fully saturated rings. The summed E-state index contributed by atoms with van der Waals surface area (Å²) in [6.07, 6.45) is 2.98. The summed E-state index contributed by atoms with van der Waals surface area (Å²) in [6.45, 7) is 2.04. The number of nitrogens with zero attached hydrogens (tertiary/aromatic N) is 2. The van der Waals surface area contributed by atoms with Gasteiger partial charge in [-0.25, -0.2) is 18.7 Å². The van der Waals surface area contributed by atoms with Gasteiger partial charge in [0.25, 0.3) is 0 Å². The van der Waals surface area contributed by atoms with Gasteiger partial charge in [-0.05, 0) is 60.7 Å². The Morgan fingerprint density at radius 3 is 2.55 bits per heavy atom. The zero-order chi connectivity index (χ0) is 20.4. The van der Waals surface area contributed by atoms with Crippen molar-refractivity contribution in [3.05, 3.63) is 76.6 Å². The first-order valence-corrected chi connectivity index (χ1v) is 9.76. The fourth-order valence-corrected chi connectivity index (χ4v) is 3.62. The molecule has 1 aliphatic rings. The molecule has 0 aliphatic heterocycles. The van der Waals surface area contributed by atoms with Crippen LogP contribution in [0, 0.1) is 11.6 Å². The average Bonchev–Trinajstić information content (AvgIpc) is 2.70. The van der Waals surface area contributed by atoms with E-state index in [-0.39, 0.29) is 24.0 Å². The van der Waals surface area contributed by atoms with Crippen LogP contribution in [0.1, 0.15) is 35.9 Å². The minimum Gasteiger partial charge on any atom is -0.309 e. The second kappa shape index (κ2) is 8.07. The lowest BCUT2D eigenvalue weighted by Crippen LogP contribution is -2.20. The van der Waals surface area contributed by atoms with E-state index in [4.69, 9.17) is 9.97 Å². The van der Waals surface area contributed by atoms with Crippen LogP contribution in [0.15, 0.2) is 42.5 Å². The maximum absolute atomic E-state index is 13.6. The molecule has 1 N–H and O–H groups in total. The van der Waals surface area contributed by atoms with Gasteiger partial charge in [0, 0.05) is 5.56 Å². The minimum absolute atomic E-state index is 0.132. The third-order valence-electron chi connectivity index (χ3n) is 5.02. The van der Waals surface area contributed by atoms with Crippen LogP contribution in [0.4, 0.5) is 14.6 Å². The number of carbonyl (C=O) groups excluding carboxylic acids is 1. The number of nitrogens with one attached hydrogen (secondary N) is 1. The molecule has 4 rings (SSSR count). The van der Waals surface area contributed by atoms with Crippen LogP contribution in [0.5, 0.6) is 0 Å². The van der Waals surface area contributed by atoms with E-state index >= 15 is 0 Å². The first kappa shape index (κ1) is 19.2. The van der Waals surface area contributed by atoms with Crippen molar-refractivity contribution in [1.82, 2.24) is 9.97 Å². The number of benzene rings is 2. The molecule has 4 nitrogen and oxygen atoms in total. The van der Waals surface area contributed by atoms with Crippen molar-refractivity contribution in [2.45, 2.75) is 39.0 Å². The second-order valence-electron chi connectivity index (χ2n) is 7.22. The maximum atomic E-state index is 13.6. The van der Waals surface area contributed by atoms with Crippen molar-refractivity contribution in [2.75, 3.05) is 5.32 Å². The molecule has 148 valence electrons. The van der Waals surface area contributed by atoms with Gasteiger partial charge in [-0.2, -0.15) is 0 Å².